The van der Waals surface area contributed by atoms with Gasteiger partial charge < -0.3 is 19.7 Å². The zero-order valence-electron chi connectivity index (χ0n) is 15.7. The molecule has 3 rings (SSSR count). The van der Waals surface area contributed by atoms with Gasteiger partial charge in [0.2, 0.25) is 6.10 Å². The zero-order chi connectivity index (χ0) is 18.7. The van der Waals surface area contributed by atoms with E-state index in [2.05, 4.69) is 31.0 Å². The van der Waals surface area contributed by atoms with Crippen LogP contribution in [0.15, 0.2) is 48.5 Å². The molecule has 0 aliphatic carbocycles. The number of fused-ring (bicyclic) bond motifs is 1. The van der Waals surface area contributed by atoms with E-state index in [4.69, 9.17) is 9.47 Å². The second-order valence-electron chi connectivity index (χ2n) is 6.72. The number of nitrogens with zero attached hydrogens (tertiary/aromatic N) is 1. The fraction of sp³-hybridized carbons (Fsp3) is 0.381. The summed E-state index contributed by atoms with van der Waals surface area (Å²) in [5.74, 6) is 1.05. The number of ether oxygens (including phenoxy) is 2. The van der Waals surface area contributed by atoms with Crippen LogP contribution in [0.25, 0.3) is 0 Å². The molecular weight excluding hydrogens is 328 g/mol. The summed E-state index contributed by atoms with van der Waals surface area (Å²) in [6.07, 6.45) is -1.05. The Bertz CT molecular complexity index is 758. The van der Waals surface area contributed by atoms with Crippen LogP contribution in [0.5, 0.6) is 11.5 Å². The number of rotatable bonds is 5. The van der Waals surface area contributed by atoms with Gasteiger partial charge in [-0.15, -0.1) is 0 Å². The summed E-state index contributed by atoms with van der Waals surface area (Å²) < 4.78 is 11.6. The summed E-state index contributed by atoms with van der Waals surface area (Å²) >= 11 is 0. The van der Waals surface area contributed by atoms with Crippen LogP contribution in [-0.2, 0) is 4.79 Å². The van der Waals surface area contributed by atoms with E-state index in [0.29, 0.717) is 17.5 Å². The molecule has 1 aliphatic rings. The summed E-state index contributed by atoms with van der Waals surface area (Å²) in [5.41, 5.74) is 1.88. The maximum Gasteiger partial charge on any atom is 0.269 e. The lowest BCUT2D eigenvalue weighted by Gasteiger charge is -2.31. The van der Waals surface area contributed by atoms with E-state index in [0.717, 1.165) is 17.9 Å². The Kier molecular flexibility index (Phi) is 5.35. The van der Waals surface area contributed by atoms with Gasteiger partial charge >= 0.3 is 0 Å². The quantitative estimate of drug-likeness (QED) is 0.879. The highest BCUT2D eigenvalue weighted by molar-refractivity contribution is 5.95. The van der Waals surface area contributed by atoms with Crippen LogP contribution >= 0.6 is 0 Å². The van der Waals surface area contributed by atoms with Crippen molar-refractivity contribution in [1.82, 2.24) is 0 Å². The van der Waals surface area contributed by atoms with Crippen molar-refractivity contribution in [3.8, 4) is 11.5 Å². The fourth-order valence-electron chi connectivity index (χ4n) is 3.20. The molecule has 0 fully saturated rings. The molecular formula is C21H26N2O3. The van der Waals surface area contributed by atoms with E-state index in [1.54, 1.807) is 0 Å². The molecule has 1 amide bonds. The third-order valence-electron chi connectivity index (χ3n) is 4.53. The van der Waals surface area contributed by atoms with Crippen molar-refractivity contribution in [3.63, 3.8) is 0 Å². The summed E-state index contributed by atoms with van der Waals surface area (Å²) in [7, 11) is 0. The van der Waals surface area contributed by atoms with Crippen molar-refractivity contribution in [3.05, 3.63) is 48.5 Å². The molecule has 0 aromatic heterocycles. The highest BCUT2D eigenvalue weighted by Gasteiger charge is 2.34. The van der Waals surface area contributed by atoms with Crippen LogP contribution in [0.3, 0.4) is 0 Å². The number of hydrogen-bond acceptors (Lipinski definition) is 4. The van der Waals surface area contributed by atoms with Gasteiger partial charge in [-0.05, 0) is 64.1 Å². The molecule has 138 valence electrons. The number of para-hydroxylation sites is 2. The molecule has 2 aromatic carbocycles. The Morgan fingerprint density at radius 3 is 2.27 bits per heavy atom. The number of carbonyl (C=O) groups is 1. The Morgan fingerprint density at radius 2 is 1.69 bits per heavy atom. The molecule has 1 heterocycles. The van der Waals surface area contributed by atoms with Crippen LogP contribution in [-0.4, -0.2) is 30.7 Å². The lowest BCUT2D eigenvalue weighted by atomic mass is 10.1. The van der Waals surface area contributed by atoms with Gasteiger partial charge in [0.1, 0.15) is 6.10 Å². The Morgan fingerprint density at radius 1 is 1.08 bits per heavy atom. The van der Waals surface area contributed by atoms with Gasteiger partial charge in [-0.1, -0.05) is 12.1 Å². The fourth-order valence-corrected chi connectivity index (χ4v) is 3.20. The highest BCUT2D eigenvalue weighted by Crippen LogP contribution is 2.33. The molecule has 0 bridgehead atoms. The summed E-state index contributed by atoms with van der Waals surface area (Å²) in [6.45, 7) is 9.24. The molecule has 2 atom stereocenters. The number of benzene rings is 2. The van der Waals surface area contributed by atoms with Crippen LogP contribution < -0.4 is 19.7 Å². The standard InChI is InChI=1S/C21H26N2O3/c1-5-23(14(2)3)17-12-10-16(11-13-17)22-21(24)20-15(4)25-18-8-6-7-9-19(18)26-20/h6-15,20H,5H2,1-4H3,(H,22,24)/t15-,20+/m1/s1. The summed E-state index contributed by atoms with van der Waals surface area (Å²) in [5, 5.41) is 2.92. The molecule has 5 heteroatoms. The van der Waals surface area contributed by atoms with E-state index < -0.39 is 6.10 Å². The number of amides is 1. The lowest BCUT2D eigenvalue weighted by molar-refractivity contribution is -0.128. The number of anilines is 2. The van der Waals surface area contributed by atoms with Gasteiger partial charge in [0.15, 0.2) is 11.5 Å². The molecule has 0 radical (unpaired) electrons. The second-order valence-corrected chi connectivity index (χ2v) is 6.72. The average molecular weight is 354 g/mol. The van der Waals surface area contributed by atoms with Gasteiger partial charge in [0, 0.05) is 24.0 Å². The molecule has 5 nitrogen and oxygen atoms in total. The predicted molar refractivity (Wildman–Crippen MR) is 104 cm³/mol. The van der Waals surface area contributed by atoms with Crippen molar-refractivity contribution in [2.45, 2.75) is 45.9 Å². The van der Waals surface area contributed by atoms with E-state index in [1.807, 2.05) is 55.5 Å². The smallest absolute Gasteiger partial charge is 0.269 e. The van der Waals surface area contributed by atoms with Crippen LogP contribution in [0.1, 0.15) is 27.7 Å². The Labute approximate surface area is 154 Å². The summed E-state index contributed by atoms with van der Waals surface area (Å²) in [6, 6.07) is 15.7. The van der Waals surface area contributed by atoms with Gasteiger partial charge in [-0.2, -0.15) is 0 Å². The first-order valence-corrected chi connectivity index (χ1v) is 9.09. The molecule has 0 unspecified atom stereocenters. The third kappa shape index (κ3) is 3.77. The lowest BCUT2D eigenvalue weighted by Crippen LogP contribution is -2.46. The van der Waals surface area contributed by atoms with Gasteiger partial charge in [-0.25, -0.2) is 0 Å². The van der Waals surface area contributed by atoms with Gasteiger partial charge in [0.25, 0.3) is 5.91 Å². The van der Waals surface area contributed by atoms with Gasteiger partial charge in [0.05, 0.1) is 0 Å². The summed E-state index contributed by atoms with van der Waals surface area (Å²) in [4.78, 5) is 14.9. The number of hydrogen-bond donors (Lipinski definition) is 1. The molecule has 2 aromatic rings. The van der Waals surface area contributed by atoms with E-state index in [9.17, 15) is 4.79 Å². The minimum absolute atomic E-state index is 0.212. The SMILES string of the molecule is CCN(c1ccc(NC(=O)[C@H]2Oc3ccccc3O[C@@H]2C)cc1)C(C)C. The largest absolute Gasteiger partial charge is 0.482 e. The first-order valence-electron chi connectivity index (χ1n) is 9.09. The topological polar surface area (TPSA) is 50.8 Å². The molecule has 0 spiro atoms. The monoisotopic (exact) mass is 354 g/mol. The first kappa shape index (κ1) is 18.1. The predicted octanol–water partition coefficient (Wildman–Crippen LogP) is 4.09. The number of carbonyl (C=O) groups excluding carboxylic acids is 1. The zero-order valence-corrected chi connectivity index (χ0v) is 15.7. The highest BCUT2D eigenvalue weighted by atomic mass is 16.6. The van der Waals surface area contributed by atoms with Gasteiger partial charge in [-0.3, -0.25) is 4.79 Å². The molecule has 1 N–H and O–H groups in total. The van der Waals surface area contributed by atoms with E-state index >= 15 is 0 Å². The minimum Gasteiger partial charge on any atom is -0.482 e. The third-order valence-corrected chi connectivity index (χ3v) is 4.53. The second kappa shape index (κ2) is 7.68. The average Bonchev–Trinajstić information content (AvgIpc) is 2.62. The van der Waals surface area contributed by atoms with E-state index in [-0.39, 0.29) is 12.0 Å². The first-order chi connectivity index (χ1) is 12.5. The number of nitrogens with one attached hydrogen (secondary N) is 1. The molecule has 26 heavy (non-hydrogen) atoms. The normalized spacial score (nSPS) is 18.5. The van der Waals surface area contributed by atoms with Crippen molar-refractivity contribution >= 4 is 17.3 Å². The van der Waals surface area contributed by atoms with Crippen LogP contribution in [0, 0.1) is 0 Å². The minimum atomic E-state index is -0.688. The maximum atomic E-state index is 12.6. The molecule has 0 saturated carbocycles. The van der Waals surface area contributed by atoms with Crippen molar-refractivity contribution in [2.24, 2.45) is 0 Å². The maximum absolute atomic E-state index is 12.6. The Balaban J connectivity index is 1.68. The molecule has 0 saturated heterocycles. The van der Waals surface area contributed by atoms with Crippen molar-refractivity contribution in [1.29, 1.82) is 0 Å². The van der Waals surface area contributed by atoms with Crippen LogP contribution in [0.2, 0.25) is 0 Å². The van der Waals surface area contributed by atoms with Crippen molar-refractivity contribution < 1.29 is 14.3 Å². The van der Waals surface area contributed by atoms with Crippen molar-refractivity contribution in [2.75, 3.05) is 16.8 Å². The molecule has 1 aliphatic heterocycles. The van der Waals surface area contributed by atoms with Crippen LogP contribution in [0.4, 0.5) is 11.4 Å². The van der Waals surface area contributed by atoms with E-state index in [1.165, 1.54) is 0 Å². The Hall–Kier alpha value is -2.69.